The normalized spacial score (nSPS) is 20.3. The number of hydrogen-bond donors (Lipinski definition) is 1. The summed E-state index contributed by atoms with van der Waals surface area (Å²) in [6.45, 7) is 0.327. The van der Waals surface area contributed by atoms with E-state index >= 15 is 0 Å². The van der Waals surface area contributed by atoms with Crippen LogP contribution in [0.15, 0.2) is 29.6 Å². The number of nitrogens with zero attached hydrogens (tertiary/aromatic N) is 6. The average Bonchev–Trinajstić information content (AvgIpc) is 3.96. The van der Waals surface area contributed by atoms with Gasteiger partial charge in [-0.2, -0.15) is 5.10 Å². The van der Waals surface area contributed by atoms with E-state index in [1.807, 2.05) is 0 Å². The van der Waals surface area contributed by atoms with Crippen molar-refractivity contribution in [2.45, 2.75) is 43.0 Å². The smallest absolute Gasteiger partial charge is 0.410 e. The third-order valence-corrected chi connectivity index (χ3v) is 8.93. The largest absolute Gasteiger partial charge is 0.494 e. The number of thioether (sulfide) groups is 1. The van der Waals surface area contributed by atoms with Gasteiger partial charge in [0, 0.05) is 43.4 Å². The van der Waals surface area contributed by atoms with Crippen molar-refractivity contribution < 1.29 is 32.6 Å². The SMILES string of the molecule is COC(=O)N1CCN(c2cc(-c3cc(C(F)F)ncc3OC)c(C(=O)NC3=NN(C)C(C#CC4CC4)S3)cn2)C(=O)C12CC2. The number of nitrogens with one attached hydrogen (secondary N) is 1. The molecule has 1 saturated heterocycles. The van der Waals surface area contributed by atoms with Crippen LogP contribution in [-0.2, 0) is 9.53 Å². The number of alkyl halides is 2. The van der Waals surface area contributed by atoms with Crippen molar-refractivity contribution in [1.29, 1.82) is 0 Å². The zero-order valence-corrected chi connectivity index (χ0v) is 25.0. The van der Waals surface area contributed by atoms with Crippen LogP contribution in [0, 0.1) is 17.8 Å². The number of halogens is 2. The summed E-state index contributed by atoms with van der Waals surface area (Å²) in [6, 6.07) is 2.64. The zero-order valence-electron chi connectivity index (χ0n) is 24.2. The molecule has 1 spiro atoms. The summed E-state index contributed by atoms with van der Waals surface area (Å²) in [6.07, 6.45) is 2.10. The number of carbonyl (C=O) groups is 3. The van der Waals surface area contributed by atoms with Crippen LogP contribution < -0.4 is 15.0 Å². The Hall–Kier alpha value is -4.45. The summed E-state index contributed by atoms with van der Waals surface area (Å²) >= 11 is 1.29. The van der Waals surface area contributed by atoms with E-state index in [9.17, 15) is 23.2 Å². The van der Waals surface area contributed by atoms with Gasteiger partial charge < -0.3 is 9.47 Å². The third-order valence-electron chi connectivity index (χ3n) is 7.88. The molecule has 230 valence electrons. The predicted octanol–water partition coefficient (Wildman–Crippen LogP) is 3.46. The number of amides is 3. The molecule has 0 radical (unpaired) electrons. The Morgan fingerprint density at radius 2 is 1.89 bits per heavy atom. The van der Waals surface area contributed by atoms with Crippen LogP contribution in [0.3, 0.4) is 0 Å². The molecule has 15 heteroatoms. The van der Waals surface area contributed by atoms with Crippen LogP contribution in [0.4, 0.5) is 19.4 Å². The highest BCUT2D eigenvalue weighted by Crippen LogP contribution is 2.47. The van der Waals surface area contributed by atoms with Crippen molar-refractivity contribution >= 4 is 40.7 Å². The van der Waals surface area contributed by atoms with Crippen LogP contribution in [0.5, 0.6) is 5.75 Å². The van der Waals surface area contributed by atoms with Crippen molar-refractivity contribution in [1.82, 2.24) is 25.2 Å². The Bertz CT molecular complexity index is 1620. The molecule has 12 nitrogen and oxygen atoms in total. The number of aromatic nitrogens is 2. The highest BCUT2D eigenvalue weighted by molar-refractivity contribution is 8.14. The van der Waals surface area contributed by atoms with Crippen LogP contribution in [0.2, 0.25) is 0 Å². The molecule has 1 unspecified atom stereocenters. The fraction of sp³-hybridized carbons (Fsp3) is 0.448. The number of carbonyl (C=O) groups excluding carboxylic acids is 3. The molecule has 1 N–H and O–H groups in total. The van der Waals surface area contributed by atoms with E-state index in [2.05, 4.69) is 32.2 Å². The standard InChI is InChI=1S/C29H29F2N7O5S/c1-36-23(7-6-16-4-5-16)44-27(35-36)34-25(39)19-14-33-22(13-17(19)18-12-20(24(30)31)32-15-21(18)42-2)37-10-11-38(28(41)43-3)29(8-9-29)26(37)40/h12-16,23-24H,4-5,8-11H2,1-3H3,(H,34,35,39). The lowest BCUT2D eigenvalue weighted by Crippen LogP contribution is -2.61. The quantitative estimate of drug-likeness (QED) is 0.497. The Labute approximate surface area is 256 Å². The van der Waals surface area contributed by atoms with E-state index in [-0.39, 0.29) is 52.6 Å². The number of amidine groups is 1. The molecule has 0 aromatic carbocycles. The van der Waals surface area contributed by atoms with Gasteiger partial charge in [-0.25, -0.2) is 18.6 Å². The first-order valence-electron chi connectivity index (χ1n) is 14.0. The van der Waals surface area contributed by atoms with E-state index in [0.717, 1.165) is 25.1 Å². The summed E-state index contributed by atoms with van der Waals surface area (Å²) in [4.78, 5) is 50.8. The van der Waals surface area contributed by atoms with E-state index in [4.69, 9.17) is 9.47 Å². The minimum Gasteiger partial charge on any atom is -0.494 e. The maximum atomic E-state index is 13.7. The first-order chi connectivity index (χ1) is 21.1. The number of pyridine rings is 2. The van der Waals surface area contributed by atoms with Gasteiger partial charge in [-0.1, -0.05) is 11.8 Å². The predicted molar refractivity (Wildman–Crippen MR) is 157 cm³/mol. The fourth-order valence-corrected chi connectivity index (χ4v) is 6.05. The summed E-state index contributed by atoms with van der Waals surface area (Å²) in [5, 5.41) is 8.89. The number of ether oxygens (including phenoxy) is 2. The molecule has 2 saturated carbocycles. The first-order valence-corrected chi connectivity index (χ1v) is 14.8. The number of piperazine rings is 1. The molecule has 3 fully saturated rings. The molecule has 2 aliphatic carbocycles. The van der Waals surface area contributed by atoms with Gasteiger partial charge in [-0.3, -0.25) is 34.7 Å². The molecule has 0 bridgehead atoms. The number of rotatable bonds is 5. The van der Waals surface area contributed by atoms with Crippen molar-refractivity contribution in [3.63, 3.8) is 0 Å². The molecular formula is C29H29F2N7O5S. The molecule has 3 amide bonds. The number of anilines is 1. The minimum atomic E-state index is -2.88. The van der Waals surface area contributed by atoms with Crippen molar-refractivity contribution in [3.8, 4) is 28.7 Å². The molecule has 44 heavy (non-hydrogen) atoms. The molecule has 2 aliphatic heterocycles. The Morgan fingerprint density at radius 3 is 2.55 bits per heavy atom. The number of hydrogen-bond acceptors (Lipinski definition) is 10. The lowest BCUT2D eigenvalue weighted by Gasteiger charge is -2.39. The second kappa shape index (κ2) is 11.6. The van der Waals surface area contributed by atoms with Crippen LogP contribution >= 0.6 is 11.8 Å². The van der Waals surface area contributed by atoms with Crippen LogP contribution in [-0.4, -0.2) is 88.2 Å². The van der Waals surface area contributed by atoms with E-state index < -0.39 is 29.7 Å². The van der Waals surface area contributed by atoms with Crippen LogP contribution in [0.1, 0.15) is 48.2 Å². The molecule has 6 rings (SSSR count). The number of methoxy groups -OCH3 is 2. The second-order valence-electron chi connectivity index (χ2n) is 10.8. The third kappa shape index (κ3) is 5.49. The topological polar surface area (TPSA) is 130 Å². The van der Waals surface area contributed by atoms with Gasteiger partial charge in [-0.15, -0.1) is 0 Å². The second-order valence-corrected chi connectivity index (χ2v) is 11.8. The van der Waals surface area contributed by atoms with Gasteiger partial charge in [0.15, 0.2) is 10.5 Å². The first kappa shape index (κ1) is 29.6. The summed E-state index contributed by atoms with van der Waals surface area (Å²) < 4.78 is 37.8. The van der Waals surface area contributed by atoms with Crippen molar-refractivity contribution in [3.05, 3.63) is 35.8 Å². The van der Waals surface area contributed by atoms with Gasteiger partial charge in [0.05, 0.1) is 26.0 Å². The van der Waals surface area contributed by atoms with Gasteiger partial charge in [0.25, 0.3) is 18.2 Å². The maximum absolute atomic E-state index is 13.7. The molecule has 1 atom stereocenters. The fourth-order valence-electron chi connectivity index (χ4n) is 5.19. The van der Waals surface area contributed by atoms with E-state index in [1.54, 1.807) is 12.1 Å². The molecule has 2 aromatic rings. The minimum absolute atomic E-state index is 0.0405. The Balaban J connectivity index is 1.35. The highest BCUT2D eigenvalue weighted by Gasteiger charge is 2.61. The van der Waals surface area contributed by atoms with Crippen molar-refractivity contribution in [2.24, 2.45) is 11.0 Å². The van der Waals surface area contributed by atoms with E-state index in [1.165, 1.54) is 48.0 Å². The van der Waals surface area contributed by atoms with Crippen LogP contribution in [0.25, 0.3) is 11.1 Å². The Kier molecular flexibility index (Phi) is 7.79. The van der Waals surface area contributed by atoms with Gasteiger partial charge in [-0.05, 0) is 49.6 Å². The molecule has 4 aliphatic rings. The van der Waals surface area contributed by atoms with Gasteiger partial charge in [0.1, 0.15) is 22.8 Å². The lowest BCUT2D eigenvalue weighted by atomic mass is 9.99. The van der Waals surface area contributed by atoms with Gasteiger partial charge >= 0.3 is 6.09 Å². The lowest BCUT2D eigenvalue weighted by molar-refractivity contribution is -0.126. The summed E-state index contributed by atoms with van der Waals surface area (Å²) in [5.74, 6) is 6.20. The summed E-state index contributed by atoms with van der Waals surface area (Å²) in [5.41, 5.74) is -1.13. The number of hydrazone groups is 1. The van der Waals surface area contributed by atoms with Gasteiger partial charge in [0.2, 0.25) is 0 Å². The highest BCUT2D eigenvalue weighted by atomic mass is 32.2. The summed E-state index contributed by atoms with van der Waals surface area (Å²) in [7, 11) is 4.38. The molecular weight excluding hydrogens is 596 g/mol. The molecule has 2 aromatic heterocycles. The zero-order chi connectivity index (χ0) is 31.2. The maximum Gasteiger partial charge on any atom is 0.410 e. The molecule has 4 heterocycles. The van der Waals surface area contributed by atoms with E-state index in [0.29, 0.717) is 23.9 Å². The average molecular weight is 626 g/mol. The monoisotopic (exact) mass is 625 g/mol. The Morgan fingerprint density at radius 1 is 1.11 bits per heavy atom. The van der Waals surface area contributed by atoms with Crippen molar-refractivity contribution in [2.75, 3.05) is 39.3 Å².